The van der Waals surface area contributed by atoms with E-state index in [1.165, 1.54) is 38.4 Å². The Balaban J connectivity index is 0.00000289. The monoisotopic (exact) mass is 302 g/mol. The van der Waals surface area contributed by atoms with Crippen LogP contribution in [0.4, 0.5) is 0 Å². The van der Waals surface area contributed by atoms with Crippen LogP contribution >= 0.6 is 0 Å². The van der Waals surface area contributed by atoms with Crippen LogP contribution in [0.25, 0.3) is 4.89 Å². The van der Waals surface area contributed by atoms with Gasteiger partial charge in [0, 0.05) is 19.0 Å². The molecule has 0 aliphatic carbocycles. The summed E-state index contributed by atoms with van der Waals surface area (Å²) < 4.78 is 50.1. The first-order valence-corrected chi connectivity index (χ1v) is 7.20. The molecule has 0 aliphatic heterocycles. The second kappa shape index (κ2) is 6.96. The predicted molar refractivity (Wildman–Crippen MR) is 60.7 cm³/mol. The molecule has 0 heterocycles. The van der Waals surface area contributed by atoms with Gasteiger partial charge in [0.2, 0.25) is 0 Å². The van der Waals surface area contributed by atoms with Crippen molar-refractivity contribution in [2.24, 2.45) is 0 Å². The van der Waals surface area contributed by atoms with E-state index in [0.717, 1.165) is 0 Å². The van der Waals surface area contributed by atoms with E-state index in [9.17, 15) is 16.8 Å². The molecule has 10 heteroatoms. The first-order chi connectivity index (χ1) is 7.76. The molecule has 0 aliphatic rings. The molecule has 0 spiro atoms. The Labute approximate surface area is 129 Å². The van der Waals surface area contributed by atoms with E-state index in [4.69, 9.17) is 0 Å². The standard InChI is InChI=1S/C8H11N2O5S2.Na/c1-10(2)17(13,14)15-9-16(11,12)8-6-4-3-5-7-8;/h3-7H,1-2H3;/q-1;+1. The number of hydrogen-bond acceptors (Lipinski definition) is 5. The SMILES string of the molecule is CN(C)S(=O)(=O)O[N-]S(=O)(=O)c1ccccc1.[Na+]. The van der Waals surface area contributed by atoms with E-state index in [-0.39, 0.29) is 34.5 Å². The van der Waals surface area contributed by atoms with Crippen molar-refractivity contribution in [2.45, 2.75) is 4.90 Å². The molecule has 1 aromatic carbocycles. The first-order valence-electron chi connectivity index (χ1n) is 4.39. The van der Waals surface area contributed by atoms with Crippen LogP contribution in [0, 0.1) is 0 Å². The van der Waals surface area contributed by atoms with Gasteiger partial charge in [0.05, 0.1) is 0 Å². The Morgan fingerprint density at radius 2 is 1.56 bits per heavy atom. The van der Waals surface area contributed by atoms with E-state index in [1.807, 2.05) is 0 Å². The largest absolute Gasteiger partial charge is 1.00 e. The quantitative estimate of drug-likeness (QED) is 0.442. The average molecular weight is 302 g/mol. The molecular formula is C8H11N2NaO5S2. The van der Waals surface area contributed by atoms with E-state index >= 15 is 0 Å². The van der Waals surface area contributed by atoms with Crippen LogP contribution in [0.3, 0.4) is 0 Å². The molecule has 0 atom stereocenters. The molecule has 0 bridgehead atoms. The maximum absolute atomic E-state index is 11.5. The van der Waals surface area contributed by atoms with Crippen molar-refractivity contribution in [2.75, 3.05) is 14.1 Å². The molecule has 18 heavy (non-hydrogen) atoms. The molecule has 0 fully saturated rings. The molecule has 7 nitrogen and oxygen atoms in total. The van der Waals surface area contributed by atoms with Crippen LogP contribution in [-0.2, 0) is 24.6 Å². The summed E-state index contributed by atoms with van der Waals surface area (Å²) in [6, 6.07) is 7.16. The maximum Gasteiger partial charge on any atom is 1.00 e. The number of rotatable bonds is 5. The van der Waals surface area contributed by atoms with E-state index in [1.54, 1.807) is 6.07 Å². The molecule has 96 valence electrons. The first kappa shape index (κ1) is 18.0. The smallest absolute Gasteiger partial charge is 0.398 e. The van der Waals surface area contributed by atoms with Crippen LogP contribution in [0.15, 0.2) is 35.2 Å². The second-order valence-electron chi connectivity index (χ2n) is 3.18. The van der Waals surface area contributed by atoms with Gasteiger partial charge in [0.15, 0.2) is 0 Å². The summed E-state index contributed by atoms with van der Waals surface area (Å²) in [5, 5.41) is 0. The molecule has 0 aromatic heterocycles. The summed E-state index contributed by atoms with van der Waals surface area (Å²) >= 11 is 0. The van der Waals surface area contributed by atoms with Gasteiger partial charge >= 0.3 is 39.9 Å². The van der Waals surface area contributed by atoms with Crippen molar-refractivity contribution < 1.29 is 50.7 Å². The van der Waals surface area contributed by atoms with Crippen molar-refractivity contribution >= 4 is 20.3 Å². The molecule has 0 saturated heterocycles. The minimum atomic E-state index is -4.15. The Kier molecular flexibility index (Phi) is 6.96. The summed E-state index contributed by atoms with van der Waals surface area (Å²) in [5.74, 6) is 0. The van der Waals surface area contributed by atoms with Gasteiger partial charge in [-0.15, -0.1) is 0 Å². The van der Waals surface area contributed by atoms with Gasteiger partial charge in [0.25, 0.3) is 0 Å². The Hall–Kier alpha value is 0. The molecule has 1 rings (SSSR count). The van der Waals surface area contributed by atoms with Gasteiger partial charge in [-0.1, -0.05) is 18.2 Å². The zero-order valence-electron chi connectivity index (χ0n) is 10.1. The number of benzene rings is 1. The topological polar surface area (TPSA) is 94.8 Å². The summed E-state index contributed by atoms with van der Waals surface area (Å²) in [4.78, 5) is 2.62. The Morgan fingerprint density at radius 3 is 2.00 bits per heavy atom. The Morgan fingerprint density at radius 1 is 1.06 bits per heavy atom. The van der Waals surface area contributed by atoms with E-state index < -0.39 is 20.3 Å². The van der Waals surface area contributed by atoms with E-state index in [2.05, 4.69) is 9.17 Å². The van der Waals surface area contributed by atoms with E-state index in [0.29, 0.717) is 4.31 Å². The maximum atomic E-state index is 11.5. The van der Waals surface area contributed by atoms with Crippen molar-refractivity contribution in [3.8, 4) is 0 Å². The third-order valence-corrected chi connectivity index (χ3v) is 4.10. The third kappa shape index (κ3) is 4.94. The van der Waals surface area contributed by atoms with Crippen molar-refractivity contribution in [1.82, 2.24) is 4.31 Å². The zero-order chi connectivity index (χ0) is 13.1. The van der Waals surface area contributed by atoms with Crippen LogP contribution in [0.2, 0.25) is 0 Å². The summed E-state index contributed by atoms with van der Waals surface area (Å²) in [6.45, 7) is 0. The number of sulfonamides is 1. The molecule has 0 radical (unpaired) electrons. The summed E-state index contributed by atoms with van der Waals surface area (Å²) in [5.41, 5.74) is 0. The minimum Gasteiger partial charge on any atom is -0.398 e. The molecule has 0 amide bonds. The number of hydrogen-bond donors (Lipinski definition) is 0. The third-order valence-electron chi connectivity index (χ3n) is 1.71. The van der Waals surface area contributed by atoms with Crippen LogP contribution in [-0.4, -0.2) is 35.2 Å². The number of nitrogens with zero attached hydrogens (tertiary/aromatic N) is 2. The average Bonchev–Trinajstić information content (AvgIpc) is 2.28. The molecule has 0 N–H and O–H groups in total. The normalized spacial score (nSPS) is 12.2. The molecule has 0 saturated carbocycles. The van der Waals surface area contributed by atoms with Crippen LogP contribution in [0.5, 0.6) is 0 Å². The molecule has 1 aromatic rings. The fourth-order valence-electron chi connectivity index (χ4n) is 0.781. The fourth-order valence-corrected chi connectivity index (χ4v) is 2.13. The van der Waals surface area contributed by atoms with Gasteiger partial charge in [-0.25, -0.2) is 8.42 Å². The Bertz CT molecular complexity index is 571. The van der Waals surface area contributed by atoms with Gasteiger partial charge in [0.1, 0.15) is 10.0 Å². The minimum absolute atomic E-state index is 0. The van der Waals surface area contributed by atoms with Gasteiger partial charge in [-0.05, 0) is 12.1 Å². The summed E-state index contributed by atoms with van der Waals surface area (Å²) in [7, 11) is -5.89. The van der Waals surface area contributed by atoms with Gasteiger partial charge in [-0.3, -0.25) is 0 Å². The van der Waals surface area contributed by atoms with Crippen molar-refractivity contribution in [3.05, 3.63) is 35.2 Å². The zero-order valence-corrected chi connectivity index (χ0v) is 13.8. The van der Waals surface area contributed by atoms with Crippen LogP contribution in [0.1, 0.15) is 0 Å². The van der Waals surface area contributed by atoms with Crippen LogP contribution < -0.4 is 29.6 Å². The fraction of sp³-hybridized carbons (Fsp3) is 0.250. The van der Waals surface area contributed by atoms with Crippen molar-refractivity contribution in [1.29, 1.82) is 0 Å². The second-order valence-corrected chi connectivity index (χ2v) is 6.48. The molecular weight excluding hydrogens is 291 g/mol. The predicted octanol–water partition coefficient (Wildman–Crippen LogP) is -2.51. The summed E-state index contributed by atoms with van der Waals surface area (Å²) in [6.07, 6.45) is 0. The van der Waals surface area contributed by atoms with Gasteiger partial charge in [-0.2, -0.15) is 12.7 Å². The molecule has 0 unspecified atom stereocenters. The van der Waals surface area contributed by atoms with Crippen molar-refractivity contribution in [3.63, 3.8) is 0 Å². The van der Waals surface area contributed by atoms with Gasteiger partial charge < -0.3 is 9.17 Å².